The molecular weight excluding hydrogens is 238 g/mol. The monoisotopic (exact) mass is 257 g/mol. The first-order valence-corrected chi connectivity index (χ1v) is 6.85. The molecule has 0 amide bonds. The second-order valence-corrected chi connectivity index (χ2v) is 5.11. The van der Waals surface area contributed by atoms with Crippen LogP contribution in [0.1, 0.15) is 18.4 Å². The van der Waals surface area contributed by atoms with E-state index in [2.05, 4.69) is 34.3 Å². The van der Waals surface area contributed by atoms with Crippen LogP contribution in [0, 0.1) is 0 Å². The summed E-state index contributed by atoms with van der Waals surface area (Å²) >= 11 is 0. The van der Waals surface area contributed by atoms with Gasteiger partial charge in [-0.3, -0.25) is 0 Å². The van der Waals surface area contributed by atoms with Crippen LogP contribution < -0.4 is 5.73 Å². The summed E-state index contributed by atoms with van der Waals surface area (Å²) in [6.45, 7) is 3.68. The van der Waals surface area contributed by atoms with Crippen molar-refractivity contribution in [2.24, 2.45) is 0 Å². The highest BCUT2D eigenvalue weighted by atomic mass is 16.5. The highest BCUT2D eigenvalue weighted by Crippen LogP contribution is 2.21. The second-order valence-electron chi connectivity index (χ2n) is 5.11. The van der Waals surface area contributed by atoms with Gasteiger partial charge in [0, 0.05) is 18.2 Å². The van der Waals surface area contributed by atoms with E-state index in [-0.39, 0.29) is 0 Å². The molecule has 1 saturated heterocycles. The summed E-state index contributed by atoms with van der Waals surface area (Å²) in [6, 6.07) is 10.2. The van der Waals surface area contributed by atoms with Gasteiger partial charge in [-0.1, -0.05) is 29.4 Å². The Morgan fingerprint density at radius 3 is 2.53 bits per heavy atom. The number of aromatic nitrogens is 1. The highest BCUT2D eigenvalue weighted by molar-refractivity contribution is 5.60. The molecule has 1 aliphatic heterocycles. The first kappa shape index (κ1) is 12.2. The van der Waals surface area contributed by atoms with Crippen molar-refractivity contribution in [3.8, 4) is 11.3 Å². The quantitative estimate of drug-likeness (QED) is 0.914. The van der Waals surface area contributed by atoms with E-state index < -0.39 is 0 Å². The fourth-order valence-corrected chi connectivity index (χ4v) is 2.55. The molecule has 0 saturated carbocycles. The minimum Gasteiger partial charge on any atom is -0.381 e. The van der Waals surface area contributed by atoms with Crippen molar-refractivity contribution in [3.05, 3.63) is 35.9 Å². The molecule has 1 aromatic carbocycles. The lowest BCUT2D eigenvalue weighted by atomic mass is 10.1. The molecule has 2 heterocycles. The van der Waals surface area contributed by atoms with Crippen LogP contribution in [0.4, 0.5) is 5.82 Å². The lowest BCUT2D eigenvalue weighted by molar-refractivity contribution is 0.343. The largest absolute Gasteiger partial charge is 0.381 e. The predicted octanol–water partition coefficient (Wildman–Crippen LogP) is 2.56. The Labute approximate surface area is 113 Å². The highest BCUT2D eigenvalue weighted by Gasteiger charge is 2.11. The van der Waals surface area contributed by atoms with E-state index in [1.165, 1.54) is 31.5 Å². The zero-order chi connectivity index (χ0) is 13.1. The molecule has 0 spiro atoms. The third kappa shape index (κ3) is 2.96. The van der Waals surface area contributed by atoms with Crippen LogP contribution in [0.5, 0.6) is 0 Å². The minimum atomic E-state index is 0.424. The maximum absolute atomic E-state index is 5.55. The molecule has 0 atom stereocenters. The van der Waals surface area contributed by atoms with E-state index in [1.807, 2.05) is 0 Å². The van der Waals surface area contributed by atoms with Crippen LogP contribution in [-0.4, -0.2) is 29.7 Å². The van der Waals surface area contributed by atoms with Gasteiger partial charge in [0.2, 0.25) is 0 Å². The summed E-state index contributed by atoms with van der Waals surface area (Å²) in [7, 11) is 0. The molecule has 1 aliphatic rings. The number of rotatable bonds is 4. The maximum atomic E-state index is 5.55. The smallest absolute Gasteiger partial charge is 0.169 e. The Morgan fingerprint density at radius 1 is 1.16 bits per heavy atom. The number of hydrogen-bond acceptors (Lipinski definition) is 4. The van der Waals surface area contributed by atoms with Gasteiger partial charge in [0.15, 0.2) is 11.6 Å². The third-order valence-corrected chi connectivity index (χ3v) is 3.68. The van der Waals surface area contributed by atoms with Crippen molar-refractivity contribution in [2.75, 3.05) is 25.4 Å². The zero-order valence-electron chi connectivity index (χ0n) is 11.0. The Hall–Kier alpha value is -1.81. The number of nitrogens with zero attached hydrogens (tertiary/aromatic N) is 2. The number of hydrogen-bond donors (Lipinski definition) is 1. The molecule has 3 rings (SSSR count). The molecule has 1 fully saturated rings. The lowest BCUT2D eigenvalue weighted by Gasteiger charge is -2.14. The summed E-state index contributed by atoms with van der Waals surface area (Å²) in [5.41, 5.74) is 7.94. The van der Waals surface area contributed by atoms with Crippen LogP contribution in [0.2, 0.25) is 0 Å². The van der Waals surface area contributed by atoms with Gasteiger partial charge in [0.25, 0.3) is 0 Å². The predicted molar refractivity (Wildman–Crippen MR) is 75.7 cm³/mol. The molecule has 0 bridgehead atoms. The van der Waals surface area contributed by atoms with Gasteiger partial charge in [0.1, 0.15) is 0 Å². The molecule has 1 aromatic heterocycles. The minimum absolute atomic E-state index is 0.424. The Bertz CT molecular complexity index is 527. The summed E-state index contributed by atoms with van der Waals surface area (Å²) in [5.74, 6) is 1.15. The number of benzene rings is 1. The normalized spacial score (nSPS) is 16.0. The standard InChI is InChI=1S/C15H19N3O/c16-15-11-14(19-17-15)13-5-3-12(4-6-13)7-10-18-8-1-2-9-18/h3-6,11H,1-2,7-10H2,(H2,16,17). The van der Waals surface area contributed by atoms with E-state index in [0.29, 0.717) is 5.82 Å². The molecule has 4 heteroatoms. The fraction of sp³-hybridized carbons (Fsp3) is 0.400. The van der Waals surface area contributed by atoms with E-state index in [0.717, 1.165) is 24.3 Å². The molecule has 2 N–H and O–H groups in total. The van der Waals surface area contributed by atoms with Crippen molar-refractivity contribution in [2.45, 2.75) is 19.3 Å². The molecule has 0 radical (unpaired) electrons. The van der Waals surface area contributed by atoms with E-state index in [9.17, 15) is 0 Å². The maximum Gasteiger partial charge on any atom is 0.169 e. The van der Waals surface area contributed by atoms with Gasteiger partial charge in [-0.15, -0.1) is 0 Å². The van der Waals surface area contributed by atoms with Crippen molar-refractivity contribution in [1.29, 1.82) is 0 Å². The average Bonchev–Trinajstić information content (AvgIpc) is 3.08. The van der Waals surface area contributed by atoms with Gasteiger partial charge < -0.3 is 15.2 Å². The molecular formula is C15H19N3O. The first-order chi connectivity index (χ1) is 9.31. The van der Waals surface area contributed by atoms with Crippen LogP contribution in [0.3, 0.4) is 0 Å². The van der Waals surface area contributed by atoms with E-state index in [1.54, 1.807) is 6.07 Å². The van der Waals surface area contributed by atoms with Gasteiger partial charge >= 0.3 is 0 Å². The van der Waals surface area contributed by atoms with Gasteiger partial charge in [-0.2, -0.15) is 0 Å². The molecule has 0 unspecified atom stereocenters. The number of likely N-dealkylation sites (tertiary alicyclic amines) is 1. The molecule has 4 nitrogen and oxygen atoms in total. The summed E-state index contributed by atoms with van der Waals surface area (Å²) < 4.78 is 5.15. The molecule has 19 heavy (non-hydrogen) atoms. The van der Waals surface area contributed by atoms with Crippen LogP contribution >= 0.6 is 0 Å². The van der Waals surface area contributed by atoms with Crippen molar-refractivity contribution in [3.63, 3.8) is 0 Å². The Morgan fingerprint density at radius 2 is 1.89 bits per heavy atom. The number of anilines is 1. The van der Waals surface area contributed by atoms with Crippen LogP contribution in [0.25, 0.3) is 11.3 Å². The average molecular weight is 257 g/mol. The molecule has 2 aromatic rings. The van der Waals surface area contributed by atoms with Crippen molar-refractivity contribution >= 4 is 5.82 Å². The zero-order valence-corrected chi connectivity index (χ0v) is 11.0. The first-order valence-electron chi connectivity index (χ1n) is 6.85. The fourth-order valence-electron chi connectivity index (χ4n) is 2.55. The van der Waals surface area contributed by atoms with Gasteiger partial charge in [-0.25, -0.2) is 0 Å². The molecule has 100 valence electrons. The number of nitrogen functional groups attached to an aromatic ring is 1. The molecule has 0 aliphatic carbocycles. The third-order valence-electron chi connectivity index (χ3n) is 3.68. The SMILES string of the molecule is Nc1cc(-c2ccc(CCN3CCCC3)cc2)on1. The lowest BCUT2D eigenvalue weighted by Crippen LogP contribution is -2.21. The summed E-state index contributed by atoms with van der Waals surface area (Å²) in [4.78, 5) is 2.53. The van der Waals surface area contributed by atoms with Crippen molar-refractivity contribution < 1.29 is 4.52 Å². The summed E-state index contributed by atoms with van der Waals surface area (Å²) in [5, 5.41) is 3.70. The van der Waals surface area contributed by atoms with Gasteiger partial charge in [0.05, 0.1) is 0 Å². The second kappa shape index (κ2) is 5.45. The van der Waals surface area contributed by atoms with Crippen LogP contribution in [-0.2, 0) is 6.42 Å². The van der Waals surface area contributed by atoms with E-state index >= 15 is 0 Å². The van der Waals surface area contributed by atoms with Crippen molar-refractivity contribution in [1.82, 2.24) is 10.1 Å². The topological polar surface area (TPSA) is 55.3 Å². The van der Waals surface area contributed by atoms with E-state index in [4.69, 9.17) is 10.3 Å². The Kier molecular flexibility index (Phi) is 3.51. The van der Waals surface area contributed by atoms with Gasteiger partial charge in [-0.05, 0) is 37.9 Å². The number of nitrogens with two attached hydrogens (primary N) is 1. The summed E-state index contributed by atoms with van der Waals surface area (Å²) in [6.07, 6.45) is 3.82. The van der Waals surface area contributed by atoms with Crippen LogP contribution in [0.15, 0.2) is 34.9 Å². The Balaban J connectivity index is 1.62.